The minimum atomic E-state index is -0.474. The van der Waals surface area contributed by atoms with E-state index in [0.29, 0.717) is 18.7 Å². The molecule has 0 spiro atoms. The van der Waals surface area contributed by atoms with Crippen molar-refractivity contribution in [2.45, 2.75) is 25.5 Å². The first-order chi connectivity index (χ1) is 10.6. The van der Waals surface area contributed by atoms with Crippen molar-refractivity contribution in [1.29, 1.82) is 0 Å². The maximum Gasteiger partial charge on any atom is 0.120 e. The molecule has 0 aliphatic rings. The van der Waals surface area contributed by atoms with Gasteiger partial charge in [-0.3, -0.25) is 0 Å². The molecule has 0 saturated carbocycles. The molecule has 0 bridgehead atoms. The predicted octanol–water partition coefficient (Wildman–Crippen LogP) is 2.66. The van der Waals surface area contributed by atoms with Gasteiger partial charge in [-0.2, -0.15) is 0 Å². The van der Waals surface area contributed by atoms with Crippen molar-refractivity contribution in [1.82, 2.24) is 5.32 Å². The summed E-state index contributed by atoms with van der Waals surface area (Å²) in [5.41, 5.74) is 1.86. The number of aromatic hydroxyl groups is 1. The number of phenols is 1. The van der Waals surface area contributed by atoms with Gasteiger partial charge in [0.15, 0.2) is 0 Å². The Morgan fingerprint density at radius 1 is 1.14 bits per heavy atom. The Bertz CT molecular complexity index is 586. The fraction of sp³-hybridized carbons (Fsp3) is 0.333. The lowest BCUT2D eigenvalue weighted by molar-refractivity contribution is 0.168. The van der Waals surface area contributed by atoms with Gasteiger partial charge in [-0.25, -0.2) is 0 Å². The smallest absolute Gasteiger partial charge is 0.120 e. The average Bonchev–Trinajstić information content (AvgIpc) is 2.54. The molecule has 2 rings (SSSR count). The van der Waals surface area contributed by atoms with Gasteiger partial charge in [0, 0.05) is 18.2 Å². The summed E-state index contributed by atoms with van der Waals surface area (Å²) in [4.78, 5) is 0. The number of benzene rings is 2. The van der Waals surface area contributed by atoms with Gasteiger partial charge in [0.2, 0.25) is 0 Å². The van der Waals surface area contributed by atoms with Crippen LogP contribution in [0.3, 0.4) is 0 Å². The summed E-state index contributed by atoms with van der Waals surface area (Å²) < 4.78 is 5.18. The number of nitrogens with one attached hydrogen (secondary N) is 1. The van der Waals surface area contributed by atoms with Crippen LogP contribution in [0.5, 0.6) is 11.5 Å². The SMILES string of the molecule is COc1ccc(O)c(C(C)NCC(O)Cc2ccccc2)c1. The normalized spacial score (nSPS) is 13.6. The van der Waals surface area contributed by atoms with Crippen LogP contribution in [0.15, 0.2) is 48.5 Å². The summed E-state index contributed by atoms with van der Waals surface area (Å²) in [6.45, 7) is 2.40. The molecule has 2 unspecified atom stereocenters. The average molecular weight is 301 g/mol. The zero-order valence-corrected chi connectivity index (χ0v) is 13.0. The molecule has 0 heterocycles. The lowest BCUT2D eigenvalue weighted by Crippen LogP contribution is -2.30. The summed E-state index contributed by atoms with van der Waals surface area (Å²) >= 11 is 0. The summed E-state index contributed by atoms with van der Waals surface area (Å²) in [6.07, 6.45) is 0.127. The summed E-state index contributed by atoms with van der Waals surface area (Å²) in [5, 5.41) is 23.3. The molecule has 0 fully saturated rings. The lowest BCUT2D eigenvalue weighted by atomic mass is 10.1. The minimum absolute atomic E-state index is 0.0828. The molecule has 0 radical (unpaired) electrons. The quantitative estimate of drug-likeness (QED) is 0.736. The van der Waals surface area contributed by atoms with Gasteiger partial charge < -0.3 is 20.3 Å². The third kappa shape index (κ3) is 4.48. The number of rotatable bonds is 7. The third-order valence-electron chi connectivity index (χ3n) is 3.68. The number of ether oxygens (including phenoxy) is 1. The Morgan fingerprint density at radius 3 is 2.55 bits per heavy atom. The fourth-order valence-electron chi connectivity index (χ4n) is 2.39. The molecule has 0 aliphatic carbocycles. The lowest BCUT2D eigenvalue weighted by Gasteiger charge is -2.19. The van der Waals surface area contributed by atoms with Crippen LogP contribution in [-0.4, -0.2) is 30.0 Å². The molecule has 4 nitrogen and oxygen atoms in total. The van der Waals surface area contributed by atoms with E-state index in [1.54, 1.807) is 25.3 Å². The number of hydrogen-bond donors (Lipinski definition) is 3. The van der Waals surface area contributed by atoms with Crippen molar-refractivity contribution >= 4 is 0 Å². The molecule has 2 aromatic rings. The van der Waals surface area contributed by atoms with Crippen LogP contribution in [0.1, 0.15) is 24.1 Å². The Balaban J connectivity index is 1.90. The molecule has 2 atom stereocenters. The van der Waals surface area contributed by atoms with Crippen LogP contribution >= 0.6 is 0 Å². The van der Waals surface area contributed by atoms with Gasteiger partial charge in [0.1, 0.15) is 11.5 Å². The van der Waals surface area contributed by atoms with Gasteiger partial charge in [0.05, 0.1) is 13.2 Å². The van der Waals surface area contributed by atoms with Gasteiger partial charge in [-0.15, -0.1) is 0 Å². The summed E-state index contributed by atoms with van der Waals surface area (Å²) in [7, 11) is 1.60. The van der Waals surface area contributed by atoms with E-state index in [9.17, 15) is 10.2 Å². The van der Waals surface area contributed by atoms with E-state index in [0.717, 1.165) is 11.1 Å². The second-order valence-corrected chi connectivity index (χ2v) is 5.40. The van der Waals surface area contributed by atoms with Crippen molar-refractivity contribution in [2.24, 2.45) is 0 Å². The van der Waals surface area contributed by atoms with Gasteiger partial charge >= 0.3 is 0 Å². The zero-order valence-electron chi connectivity index (χ0n) is 13.0. The monoisotopic (exact) mass is 301 g/mol. The van der Waals surface area contributed by atoms with Gasteiger partial charge in [0.25, 0.3) is 0 Å². The van der Waals surface area contributed by atoms with Crippen molar-refractivity contribution in [3.05, 3.63) is 59.7 Å². The van der Waals surface area contributed by atoms with Crippen LogP contribution in [0.2, 0.25) is 0 Å². The van der Waals surface area contributed by atoms with Crippen molar-refractivity contribution in [2.75, 3.05) is 13.7 Å². The van der Waals surface area contributed by atoms with E-state index in [-0.39, 0.29) is 11.8 Å². The number of aliphatic hydroxyl groups excluding tert-OH is 1. The molecule has 22 heavy (non-hydrogen) atoms. The Labute approximate surface area is 131 Å². The second-order valence-electron chi connectivity index (χ2n) is 5.40. The van der Waals surface area contributed by atoms with Crippen molar-refractivity contribution in [3.8, 4) is 11.5 Å². The molecule has 3 N–H and O–H groups in total. The number of aliphatic hydroxyl groups is 1. The maximum absolute atomic E-state index is 10.1. The van der Waals surface area contributed by atoms with E-state index in [1.165, 1.54) is 0 Å². The standard InChI is InChI=1S/C18H23NO3/c1-13(17-11-16(22-2)8-9-18(17)21)19-12-15(20)10-14-6-4-3-5-7-14/h3-9,11,13,15,19-21H,10,12H2,1-2H3. The zero-order chi connectivity index (χ0) is 15.9. The molecular formula is C18H23NO3. The van der Waals surface area contributed by atoms with Crippen molar-refractivity contribution < 1.29 is 14.9 Å². The van der Waals surface area contributed by atoms with E-state index in [4.69, 9.17) is 4.74 Å². The van der Waals surface area contributed by atoms with Gasteiger partial charge in [-0.05, 0) is 37.1 Å². The number of phenolic OH excluding ortho intramolecular Hbond substituents is 1. The Morgan fingerprint density at radius 2 is 1.86 bits per heavy atom. The first kappa shape index (κ1) is 16.3. The highest BCUT2D eigenvalue weighted by atomic mass is 16.5. The van der Waals surface area contributed by atoms with E-state index < -0.39 is 6.10 Å². The molecule has 118 valence electrons. The van der Waals surface area contributed by atoms with Crippen molar-refractivity contribution in [3.63, 3.8) is 0 Å². The Hall–Kier alpha value is -2.04. The second kappa shape index (κ2) is 7.82. The molecule has 2 aromatic carbocycles. The van der Waals surface area contributed by atoms with Crippen LogP contribution in [0, 0.1) is 0 Å². The highest BCUT2D eigenvalue weighted by Crippen LogP contribution is 2.28. The van der Waals surface area contributed by atoms with Crippen LogP contribution < -0.4 is 10.1 Å². The highest BCUT2D eigenvalue weighted by Gasteiger charge is 2.13. The summed E-state index contributed by atoms with van der Waals surface area (Å²) in [6, 6.07) is 14.9. The molecule has 0 amide bonds. The van der Waals surface area contributed by atoms with Crippen LogP contribution in [-0.2, 0) is 6.42 Å². The van der Waals surface area contributed by atoms with E-state index >= 15 is 0 Å². The number of methoxy groups -OCH3 is 1. The van der Waals surface area contributed by atoms with E-state index in [1.807, 2.05) is 37.3 Å². The molecule has 0 aliphatic heterocycles. The minimum Gasteiger partial charge on any atom is -0.508 e. The fourth-order valence-corrected chi connectivity index (χ4v) is 2.39. The molecular weight excluding hydrogens is 278 g/mol. The first-order valence-corrected chi connectivity index (χ1v) is 7.42. The summed E-state index contributed by atoms with van der Waals surface area (Å²) in [5.74, 6) is 0.921. The molecule has 0 aromatic heterocycles. The number of hydrogen-bond acceptors (Lipinski definition) is 4. The largest absolute Gasteiger partial charge is 0.508 e. The van der Waals surface area contributed by atoms with Gasteiger partial charge in [-0.1, -0.05) is 30.3 Å². The first-order valence-electron chi connectivity index (χ1n) is 7.42. The predicted molar refractivity (Wildman–Crippen MR) is 87.2 cm³/mol. The highest BCUT2D eigenvalue weighted by molar-refractivity contribution is 5.41. The Kier molecular flexibility index (Phi) is 5.81. The van der Waals surface area contributed by atoms with Crippen LogP contribution in [0.4, 0.5) is 0 Å². The third-order valence-corrected chi connectivity index (χ3v) is 3.68. The maximum atomic E-state index is 10.1. The van der Waals surface area contributed by atoms with Crippen LogP contribution in [0.25, 0.3) is 0 Å². The topological polar surface area (TPSA) is 61.7 Å². The molecule has 4 heteroatoms. The molecule has 0 saturated heterocycles. The van der Waals surface area contributed by atoms with E-state index in [2.05, 4.69) is 5.32 Å².